The summed E-state index contributed by atoms with van der Waals surface area (Å²) in [4.78, 5) is 146. The Hall–Kier alpha value is -10.5. The fraction of sp³-hybridized carbons (Fsp3) is 0.545. The third-order valence-corrected chi connectivity index (χ3v) is 25.7. The van der Waals surface area contributed by atoms with Crippen molar-refractivity contribution in [3.05, 3.63) is 154 Å². The van der Waals surface area contributed by atoms with Crippen molar-refractivity contribution in [2.75, 3.05) is 75.1 Å². The standard InChI is InChI=1S/C39H55N5O3S.C31H39N5O3S.C29H43N5O3S/c1-10-14-19-28(12-3)25-43(26-29(13-4)20-15-11-2)38-41-34(39(6,7)8)33(48-38)23-31-27(5)32(24-40)37(47)44(36(31)46)42(9)35(45)30-21-17-16-18-22-30;1-8-10-17-35(18-11-9-2)30-33-26(31(4,5)6)25(40-30)19-23-21(3)24(20-32)29(39)36(28(23)38)34(7)27(37)22-15-13-12-14-16-22;1-11-13-15-33(16-14-12-2)27-31-23(28(4,5)6)22(38-27)17-20-19(3)21(18-30)25(36)34(24(20)35)32(10)26(37)29(7,8)9/h16-18,21-23,28-29H,10-15,19-20,25-26H2,1-9H3;12-16,19H,8-11,17-18H2,1-7H3;17H,11-16H2,1-10H3/b31-23-;23-19-;20-17-. The molecule has 0 aliphatic carbocycles. The van der Waals surface area contributed by atoms with Crippen LogP contribution in [0.15, 0.2) is 111 Å². The van der Waals surface area contributed by atoms with Gasteiger partial charge in [-0.1, -0.05) is 273 Å². The van der Waals surface area contributed by atoms with Gasteiger partial charge in [-0.2, -0.15) is 30.8 Å². The lowest BCUT2D eigenvalue weighted by atomic mass is 9.89. The first-order valence-corrected chi connectivity index (χ1v) is 47.2. The van der Waals surface area contributed by atoms with Gasteiger partial charge >= 0.3 is 0 Å². The number of imide groups is 3. The summed E-state index contributed by atoms with van der Waals surface area (Å²) >= 11 is 4.60. The van der Waals surface area contributed by atoms with E-state index in [2.05, 4.69) is 132 Å². The molecule has 24 nitrogen and oxygen atoms in total. The van der Waals surface area contributed by atoms with Crippen molar-refractivity contribution in [2.45, 2.75) is 278 Å². The molecule has 0 radical (unpaired) electrons. The Morgan fingerprint density at radius 1 is 0.397 bits per heavy atom. The highest BCUT2D eigenvalue weighted by molar-refractivity contribution is 7.17. The SMILES string of the molecule is CCCCC(CC)CN(CC(CC)CCCC)c1nc(C(C)(C)C)c(/C=C2\C(=O)N(N(C)C(=O)c3ccccc3)C(=O)C(C#N)=C2C)s1.CCCCN(CCCC)c1nc(C(C)(C)C)c(/C=C2\C(=O)N(N(C)C(=O)C(C)(C)C)C(=O)C(C#N)=C2C)s1.CCCCN(CCCC)c1nc(C(C)(C)C)c(/C=C2\C(=O)N(N(C)C(=O)c3ccccc3)C(=O)C(C#N)=C2C)s1. The van der Waals surface area contributed by atoms with Crippen LogP contribution in [0.5, 0.6) is 0 Å². The molecule has 5 aromatic rings. The average Bonchev–Trinajstić information content (AvgIpc) is 1.26. The van der Waals surface area contributed by atoms with Crippen LogP contribution >= 0.6 is 34.0 Å². The van der Waals surface area contributed by atoms with E-state index < -0.39 is 58.6 Å². The van der Waals surface area contributed by atoms with Gasteiger partial charge in [0.25, 0.3) is 47.3 Å². The highest BCUT2D eigenvalue weighted by Crippen LogP contribution is 2.43. The maximum absolute atomic E-state index is 14.1. The zero-order chi connectivity index (χ0) is 94.2. The number of unbranched alkanes of at least 4 members (excludes halogenated alkanes) is 6. The van der Waals surface area contributed by atoms with Gasteiger partial charge in [-0.15, -0.1) is 0 Å². The van der Waals surface area contributed by atoms with E-state index in [1.54, 1.807) is 132 Å². The lowest BCUT2D eigenvalue weighted by molar-refractivity contribution is -0.171. The van der Waals surface area contributed by atoms with Crippen molar-refractivity contribution in [3.8, 4) is 18.2 Å². The molecule has 680 valence electrons. The van der Waals surface area contributed by atoms with Crippen molar-refractivity contribution in [3.63, 3.8) is 0 Å². The maximum atomic E-state index is 14.1. The molecule has 3 aromatic heterocycles. The summed E-state index contributed by atoms with van der Waals surface area (Å²) in [7, 11) is 4.14. The zero-order valence-electron chi connectivity index (χ0n) is 79.8. The molecule has 2 atom stereocenters. The van der Waals surface area contributed by atoms with Crippen LogP contribution in [0.2, 0.25) is 0 Å². The van der Waals surface area contributed by atoms with Crippen LogP contribution in [0.25, 0.3) is 18.2 Å². The van der Waals surface area contributed by atoms with Gasteiger partial charge in [0.2, 0.25) is 5.91 Å². The number of nitriles is 3. The fourth-order valence-electron chi connectivity index (χ4n) is 14.7. The monoisotopic (exact) mass is 1780 g/mol. The Kier molecular flexibility index (Phi) is 38.7. The van der Waals surface area contributed by atoms with Crippen molar-refractivity contribution in [1.29, 1.82) is 15.8 Å². The van der Waals surface area contributed by atoms with Crippen LogP contribution < -0.4 is 14.7 Å². The van der Waals surface area contributed by atoms with Gasteiger partial charge in [0.05, 0.1) is 31.7 Å². The van der Waals surface area contributed by atoms with E-state index in [4.69, 9.17) is 15.0 Å². The normalized spacial score (nSPS) is 15.6. The van der Waals surface area contributed by atoms with E-state index in [0.717, 1.165) is 181 Å². The molecule has 6 heterocycles. The molecule has 2 aromatic carbocycles. The summed E-state index contributed by atoms with van der Waals surface area (Å²) < 4.78 is 0. The highest BCUT2D eigenvalue weighted by atomic mass is 32.1. The minimum atomic E-state index is -0.825. The molecule has 9 amide bonds. The third kappa shape index (κ3) is 25.9. The van der Waals surface area contributed by atoms with Crippen LogP contribution in [-0.2, 0) is 49.8 Å². The van der Waals surface area contributed by atoms with Crippen molar-refractivity contribution in [1.82, 2.24) is 45.0 Å². The summed E-state index contributed by atoms with van der Waals surface area (Å²) in [6.45, 7) is 51.9. The number of anilines is 3. The topological polar surface area (TPSA) is 293 Å². The smallest absolute Gasteiger partial charge is 0.290 e. The number of hydrazine groups is 3. The molecule has 8 rings (SSSR count). The highest BCUT2D eigenvalue weighted by Gasteiger charge is 2.45. The lowest BCUT2D eigenvalue weighted by Gasteiger charge is -2.36. The zero-order valence-corrected chi connectivity index (χ0v) is 82.3. The number of hydrogen-bond donors (Lipinski definition) is 0. The van der Waals surface area contributed by atoms with Crippen molar-refractivity contribution >= 4 is 121 Å². The van der Waals surface area contributed by atoms with E-state index >= 15 is 0 Å². The molecule has 126 heavy (non-hydrogen) atoms. The van der Waals surface area contributed by atoms with Gasteiger partial charge < -0.3 is 14.7 Å². The summed E-state index contributed by atoms with van der Waals surface area (Å²) in [6.07, 6.45) is 23.1. The van der Waals surface area contributed by atoms with Gasteiger partial charge in [-0.3, -0.25) is 43.2 Å². The quantitative estimate of drug-likeness (QED) is 0.0269. The molecular weight excluding hydrogens is 1640 g/mol. The van der Waals surface area contributed by atoms with Gasteiger partial charge in [-0.25, -0.2) is 30.0 Å². The number of aromatic nitrogens is 3. The molecule has 0 bridgehead atoms. The molecule has 0 saturated carbocycles. The van der Waals surface area contributed by atoms with E-state index in [-0.39, 0.29) is 55.3 Å². The second-order valence-electron chi connectivity index (χ2n) is 36.7. The Labute approximate surface area is 762 Å². The van der Waals surface area contributed by atoms with Crippen LogP contribution in [0.3, 0.4) is 0 Å². The number of amides is 9. The van der Waals surface area contributed by atoms with E-state index in [0.29, 0.717) is 34.1 Å². The van der Waals surface area contributed by atoms with Crippen LogP contribution in [0, 0.1) is 51.2 Å². The molecule has 27 heteroatoms. The molecule has 0 fully saturated rings. The first-order chi connectivity index (χ1) is 59.4. The molecule has 0 N–H and O–H groups in total. The first kappa shape index (κ1) is 104. The minimum Gasteiger partial charge on any atom is -0.348 e. The molecule has 3 aliphatic rings. The molecule has 3 aliphatic heterocycles. The maximum Gasteiger partial charge on any atom is 0.290 e. The Morgan fingerprint density at radius 2 is 0.659 bits per heavy atom. The minimum absolute atomic E-state index is 0.154. The fourth-order valence-corrected chi connectivity index (χ4v) is 18.5. The van der Waals surface area contributed by atoms with Gasteiger partial charge in [0.1, 0.15) is 34.9 Å². The molecular formula is C99H137N15O9S3. The van der Waals surface area contributed by atoms with Gasteiger partial charge in [-0.05, 0) is 130 Å². The van der Waals surface area contributed by atoms with Crippen LogP contribution in [0.4, 0.5) is 15.4 Å². The van der Waals surface area contributed by atoms with Crippen molar-refractivity contribution < 1.29 is 43.2 Å². The van der Waals surface area contributed by atoms with Gasteiger partial charge in [0, 0.05) is 110 Å². The predicted octanol–water partition coefficient (Wildman–Crippen LogP) is 20.9. The summed E-state index contributed by atoms with van der Waals surface area (Å²) in [5.74, 6) is -4.72. The Balaban J connectivity index is 0.000000294. The Morgan fingerprint density at radius 3 is 0.897 bits per heavy atom. The number of nitrogens with zero attached hydrogens (tertiary/aromatic N) is 15. The number of rotatable bonds is 35. The second-order valence-corrected chi connectivity index (χ2v) is 39.8. The van der Waals surface area contributed by atoms with Crippen LogP contribution in [0.1, 0.15) is 314 Å². The summed E-state index contributed by atoms with van der Waals surface area (Å²) in [5.41, 5.74) is 2.43. The average molecular weight is 1780 g/mol. The van der Waals surface area contributed by atoms with E-state index in [9.17, 15) is 58.9 Å². The summed E-state index contributed by atoms with van der Waals surface area (Å²) in [5, 5.41) is 37.8. The largest absolute Gasteiger partial charge is 0.348 e. The molecule has 0 saturated heterocycles. The van der Waals surface area contributed by atoms with E-state index in [1.165, 1.54) is 82.3 Å². The molecule has 0 spiro atoms. The second kappa shape index (κ2) is 46.8. The van der Waals surface area contributed by atoms with Crippen LogP contribution in [-0.4, -0.2) is 159 Å². The van der Waals surface area contributed by atoms with Crippen molar-refractivity contribution in [2.24, 2.45) is 17.3 Å². The summed E-state index contributed by atoms with van der Waals surface area (Å²) in [6, 6.07) is 22.8. The number of carbonyl (C=O) groups is 9. The molecule has 2 unspecified atom stereocenters. The predicted molar refractivity (Wildman–Crippen MR) is 509 cm³/mol. The number of carbonyl (C=O) groups excluding carboxylic acids is 9. The number of benzene rings is 2. The van der Waals surface area contributed by atoms with E-state index in [1.807, 2.05) is 18.2 Å². The lowest BCUT2D eigenvalue weighted by Crippen LogP contribution is -2.56. The first-order valence-electron chi connectivity index (χ1n) is 44.8. The third-order valence-electron chi connectivity index (χ3n) is 22.5. The number of thiazole rings is 3. The van der Waals surface area contributed by atoms with Gasteiger partial charge in [0.15, 0.2) is 15.4 Å². The Bertz CT molecular complexity index is 5020. The number of hydrogen-bond acceptors (Lipinski definition) is 21.